The molecule has 2 heterocycles. The number of fused-ring (bicyclic) bond motifs is 2. The summed E-state index contributed by atoms with van der Waals surface area (Å²) in [7, 11) is 0. The van der Waals surface area contributed by atoms with E-state index >= 15 is 0 Å². The van der Waals surface area contributed by atoms with Gasteiger partial charge in [-0.05, 0) is 6.42 Å². The van der Waals surface area contributed by atoms with Gasteiger partial charge in [-0.1, -0.05) is 0 Å². The third-order valence-corrected chi connectivity index (χ3v) is 1.70. The predicted octanol–water partition coefficient (Wildman–Crippen LogP) is -0.517. The molecule has 1 unspecified atom stereocenters. The number of hydrogen-bond acceptors (Lipinski definition) is 2. The Balaban J connectivity index is 2.12. The van der Waals surface area contributed by atoms with Crippen LogP contribution in [0.1, 0.15) is 6.42 Å². The molecule has 2 heteroatoms. The summed E-state index contributed by atoms with van der Waals surface area (Å²) in [5, 5.41) is 6.67. The molecule has 2 aliphatic heterocycles. The van der Waals surface area contributed by atoms with E-state index in [1.807, 2.05) is 0 Å². The molecule has 1 radical (unpaired) electrons. The van der Waals surface area contributed by atoms with Crippen LogP contribution >= 0.6 is 0 Å². The summed E-state index contributed by atoms with van der Waals surface area (Å²) < 4.78 is 0. The number of nitrogens with one attached hydrogen (secondary N) is 2. The maximum Gasteiger partial charge on any atom is 0.0519 e. The van der Waals surface area contributed by atoms with Gasteiger partial charge in [-0.15, -0.1) is 0 Å². The van der Waals surface area contributed by atoms with Gasteiger partial charge in [-0.25, -0.2) is 0 Å². The molecule has 0 aromatic rings. The lowest BCUT2D eigenvalue weighted by atomic mass is 10.3. The minimum atomic E-state index is 0.773. The Hall–Kier alpha value is -0.0800. The van der Waals surface area contributed by atoms with Gasteiger partial charge in [-0.2, -0.15) is 0 Å². The summed E-state index contributed by atoms with van der Waals surface area (Å²) in [6, 6.07) is 2.28. The molecule has 2 rings (SSSR count). The van der Waals surface area contributed by atoms with E-state index in [9.17, 15) is 0 Å². The molecule has 2 N–H and O–H groups in total. The van der Waals surface area contributed by atoms with Gasteiger partial charge in [0, 0.05) is 19.1 Å². The van der Waals surface area contributed by atoms with Crippen LogP contribution in [0.5, 0.6) is 0 Å². The number of hydrogen-bond donors (Lipinski definition) is 2. The minimum absolute atomic E-state index is 0.773. The second-order valence-electron chi connectivity index (χ2n) is 2.27. The van der Waals surface area contributed by atoms with E-state index in [0.29, 0.717) is 0 Å². The molecule has 0 spiro atoms. The highest BCUT2D eigenvalue weighted by Gasteiger charge is 2.30. The monoisotopic (exact) mass is 97.1 g/mol. The Labute approximate surface area is 43.3 Å². The normalized spacial score (nSPS) is 40.3. The molecule has 0 amide bonds. The van der Waals surface area contributed by atoms with Crippen molar-refractivity contribution in [3.63, 3.8) is 0 Å². The lowest BCUT2D eigenvalue weighted by Crippen LogP contribution is -2.36. The van der Waals surface area contributed by atoms with Crippen molar-refractivity contribution in [2.24, 2.45) is 0 Å². The van der Waals surface area contributed by atoms with Crippen molar-refractivity contribution >= 4 is 0 Å². The van der Waals surface area contributed by atoms with Gasteiger partial charge < -0.3 is 10.6 Å². The Morgan fingerprint density at radius 3 is 2.71 bits per heavy atom. The van der Waals surface area contributed by atoms with Crippen LogP contribution in [0.3, 0.4) is 0 Å². The molecular weight excluding hydrogens is 88.1 g/mol. The van der Waals surface area contributed by atoms with E-state index in [2.05, 4.69) is 10.6 Å². The van der Waals surface area contributed by atoms with Crippen LogP contribution in [-0.2, 0) is 0 Å². The summed E-state index contributed by atoms with van der Waals surface area (Å²) in [5.41, 5.74) is 0. The van der Waals surface area contributed by atoms with Crippen LogP contribution in [0.15, 0.2) is 0 Å². The van der Waals surface area contributed by atoms with Crippen LogP contribution < -0.4 is 10.6 Å². The number of rotatable bonds is 0. The molecule has 2 fully saturated rings. The van der Waals surface area contributed by atoms with Crippen LogP contribution in [-0.4, -0.2) is 19.1 Å². The van der Waals surface area contributed by atoms with Gasteiger partial charge in [0.15, 0.2) is 0 Å². The standard InChI is InChI=1S/C5H9N2/c1-4-2-6-5(1)3-7-4/h4,6-7H,1-3H2. The van der Waals surface area contributed by atoms with Crippen LogP contribution in [0, 0.1) is 6.04 Å². The molecular formula is C5H9N2. The molecule has 0 aromatic heterocycles. The summed E-state index contributed by atoms with van der Waals surface area (Å²) in [4.78, 5) is 0. The molecule has 2 bridgehead atoms. The van der Waals surface area contributed by atoms with Crippen LogP contribution in [0.2, 0.25) is 0 Å². The Bertz CT molecular complexity index is 64.1. The fraction of sp³-hybridized carbons (Fsp3) is 0.800. The third kappa shape index (κ3) is 0.469. The van der Waals surface area contributed by atoms with E-state index in [4.69, 9.17) is 0 Å². The van der Waals surface area contributed by atoms with Crippen molar-refractivity contribution in [1.29, 1.82) is 0 Å². The minimum Gasteiger partial charge on any atom is -0.311 e. The highest BCUT2D eigenvalue weighted by atomic mass is 15.1. The van der Waals surface area contributed by atoms with Crippen LogP contribution in [0.25, 0.3) is 0 Å². The first kappa shape index (κ1) is 3.87. The van der Waals surface area contributed by atoms with Crippen molar-refractivity contribution in [3.05, 3.63) is 6.04 Å². The summed E-state index contributed by atoms with van der Waals surface area (Å²) in [6.45, 7) is 2.28. The first-order valence-electron chi connectivity index (χ1n) is 2.77. The first-order valence-corrected chi connectivity index (χ1v) is 2.77. The van der Waals surface area contributed by atoms with Crippen LogP contribution in [0.4, 0.5) is 0 Å². The molecule has 2 aliphatic rings. The van der Waals surface area contributed by atoms with Gasteiger partial charge >= 0.3 is 0 Å². The van der Waals surface area contributed by atoms with Gasteiger partial charge in [0.2, 0.25) is 0 Å². The largest absolute Gasteiger partial charge is 0.311 e. The summed E-state index contributed by atoms with van der Waals surface area (Å²) in [5.74, 6) is 0. The van der Waals surface area contributed by atoms with Gasteiger partial charge in [0.1, 0.15) is 0 Å². The fourth-order valence-corrected chi connectivity index (χ4v) is 1.26. The average molecular weight is 97.1 g/mol. The zero-order chi connectivity index (χ0) is 4.69. The van der Waals surface area contributed by atoms with E-state index in [1.54, 1.807) is 0 Å². The predicted molar refractivity (Wildman–Crippen MR) is 27.7 cm³/mol. The Morgan fingerprint density at radius 1 is 1.57 bits per heavy atom. The van der Waals surface area contributed by atoms with Gasteiger partial charge in [-0.3, -0.25) is 0 Å². The highest BCUT2D eigenvalue weighted by Crippen LogP contribution is 2.18. The Morgan fingerprint density at radius 2 is 2.57 bits per heavy atom. The molecule has 0 aromatic carbocycles. The zero-order valence-corrected chi connectivity index (χ0v) is 4.20. The number of piperazine rings is 1. The smallest absolute Gasteiger partial charge is 0.0519 e. The van der Waals surface area contributed by atoms with E-state index in [0.717, 1.165) is 19.1 Å². The molecule has 39 valence electrons. The summed E-state index contributed by atoms with van der Waals surface area (Å²) >= 11 is 0. The highest BCUT2D eigenvalue weighted by molar-refractivity contribution is 5.07. The van der Waals surface area contributed by atoms with Crippen molar-refractivity contribution in [2.75, 3.05) is 13.1 Å². The third-order valence-electron chi connectivity index (χ3n) is 1.70. The summed E-state index contributed by atoms with van der Waals surface area (Å²) in [6.07, 6.45) is 1.28. The lowest BCUT2D eigenvalue weighted by molar-refractivity contribution is 0.572. The van der Waals surface area contributed by atoms with Gasteiger partial charge in [0.25, 0.3) is 0 Å². The van der Waals surface area contributed by atoms with Gasteiger partial charge in [0.05, 0.1) is 6.04 Å². The molecule has 2 nitrogen and oxygen atoms in total. The maximum atomic E-state index is 3.36. The quantitative estimate of drug-likeness (QED) is 0.425. The van der Waals surface area contributed by atoms with E-state index < -0.39 is 0 Å². The average Bonchev–Trinajstić information content (AvgIpc) is 2.22. The second kappa shape index (κ2) is 1.20. The van der Waals surface area contributed by atoms with E-state index in [1.165, 1.54) is 12.5 Å². The zero-order valence-electron chi connectivity index (χ0n) is 4.20. The molecule has 0 saturated carbocycles. The second-order valence-corrected chi connectivity index (χ2v) is 2.27. The molecule has 1 atom stereocenters. The topological polar surface area (TPSA) is 24.1 Å². The van der Waals surface area contributed by atoms with Crippen molar-refractivity contribution in [3.8, 4) is 0 Å². The Kier molecular flexibility index (Phi) is 0.664. The maximum absolute atomic E-state index is 3.36. The SMILES string of the molecule is C1NC2CN[C]1C2. The first-order chi connectivity index (χ1) is 3.45. The fourth-order valence-electron chi connectivity index (χ4n) is 1.26. The molecule has 2 saturated heterocycles. The molecule has 7 heavy (non-hydrogen) atoms. The van der Waals surface area contributed by atoms with Crippen molar-refractivity contribution in [2.45, 2.75) is 12.5 Å². The molecule has 0 aliphatic carbocycles. The van der Waals surface area contributed by atoms with E-state index in [-0.39, 0.29) is 0 Å². The van der Waals surface area contributed by atoms with Crippen molar-refractivity contribution < 1.29 is 0 Å². The lowest BCUT2D eigenvalue weighted by Gasteiger charge is -2.09. The van der Waals surface area contributed by atoms with Crippen molar-refractivity contribution in [1.82, 2.24) is 10.6 Å².